The van der Waals surface area contributed by atoms with Crippen molar-refractivity contribution in [3.05, 3.63) is 0 Å². The molecule has 2 nitrogen and oxygen atoms in total. The van der Waals surface area contributed by atoms with Crippen LogP contribution < -0.4 is 5.48 Å². The van der Waals surface area contributed by atoms with Crippen molar-refractivity contribution in [1.82, 2.24) is 5.48 Å². The molecule has 10 heavy (non-hydrogen) atoms. The zero-order valence-corrected chi connectivity index (χ0v) is 5.83. The fraction of sp³-hybridized carbons (Fsp3) is 1.00. The molecule has 0 fully saturated rings. The van der Waals surface area contributed by atoms with Crippen molar-refractivity contribution in [3.63, 3.8) is 0 Å². The van der Waals surface area contributed by atoms with E-state index >= 15 is 0 Å². The summed E-state index contributed by atoms with van der Waals surface area (Å²) in [5.41, 5.74) is 1.80. The second kappa shape index (κ2) is 3.78. The second-order valence-electron chi connectivity index (χ2n) is 2.10. The SMILES string of the molecule is CC(C)ONCC(F)(F)F. The first-order valence-electron chi connectivity index (χ1n) is 2.87. The Balaban J connectivity index is 3.21. The number of hydroxylamine groups is 1. The molecule has 0 bridgehead atoms. The van der Waals surface area contributed by atoms with Gasteiger partial charge in [-0.2, -0.15) is 18.7 Å². The maximum Gasteiger partial charge on any atom is 0.403 e. The lowest BCUT2D eigenvalue weighted by molar-refractivity contribution is -0.154. The number of nitrogens with one attached hydrogen (secondary N) is 1. The summed E-state index contributed by atoms with van der Waals surface area (Å²) in [7, 11) is 0. The van der Waals surface area contributed by atoms with Crippen molar-refractivity contribution in [1.29, 1.82) is 0 Å². The highest BCUT2D eigenvalue weighted by atomic mass is 19.4. The first-order valence-corrected chi connectivity index (χ1v) is 2.87. The molecule has 0 unspecified atom stereocenters. The van der Waals surface area contributed by atoms with Gasteiger partial charge in [0.15, 0.2) is 0 Å². The minimum atomic E-state index is -4.20. The third kappa shape index (κ3) is 7.71. The van der Waals surface area contributed by atoms with Gasteiger partial charge >= 0.3 is 6.18 Å². The lowest BCUT2D eigenvalue weighted by atomic mass is 10.5. The van der Waals surface area contributed by atoms with Gasteiger partial charge in [0.25, 0.3) is 0 Å². The van der Waals surface area contributed by atoms with E-state index in [1.807, 2.05) is 0 Å². The van der Waals surface area contributed by atoms with Gasteiger partial charge in [0.1, 0.15) is 6.54 Å². The van der Waals surface area contributed by atoms with Crippen LogP contribution in [0.3, 0.4) is 0 Å². The zero-order valence-electron chi connectivity index (χ0n) is 5.83. The van der Waals surface area contributed by atoms with E-state index in [2.05, 4.69) is 4.84 Å². The first kappa shape index (κ1) is 9.71. The summed E-state index contributed by atoms with van der Waals surface area (Å²) in [4.78, 5) is 4.45. The molecule has 0 aliphatic carbocycles. The van der Waals surface area contributed by atoms with Crippen LogP contribution in [-0.4, -0.2) is 18.8 Å². The van der Waals surface area contributed by atoms with Crippen LogP contribution in [0.5, 0.6) is 0 Å². The Morgan fingerprint density at radius 1 is 1.40 bits per heavy atom. The largest absolute Gasteiger partial charge is 0.403 e. The molecule has 62 valence electrons. The molecule has 0 amide bonds. The summed E-state index contributed by atoms with van der Waals surface area (Å²) in [6, 6.07) is 0. The van der Waals surface area contributed by atoms with Crippen molar-refractivity contribution in [2.75, 3.05) is 6.54 Å². The Morgan fingerprint density at radius 3 is 2.20 bits per heavy atom. The molecule has 0 aromatic heterocycles. The summed E-state index contributed by atoms with van der Waals surface area (Å²) in [6.45, 7) is 2.18. The Bertz CT molecular complexity index is 91.4. The Labute approximate surface area is 57.3 Å². The van der Waals surface area contributed by atoms with E-state index in [0.717, 1.165) is 0 Å². The van der Waals surface area contributed by atoms with Crippen LogP contribution in [0.2, 0.25) is 0 Å². The highest BCUT2D eigenvalue weighted by molar-refractivity contribution is 4.48. The molecule has 0 atom stereocenters. The molecular formula is C5H10F3NO. The minimum absolute atomic E-state index is 0.234. The Hall–Kier alpha value is -0.290. The van der Waals surface area contributed by atoms with Crippen molar-refractivity contribution in [3.8, 4) is 0 Å². The van der Waals surface area contributed by atoms with Crippen molar-refractivity contribution in [2.24, 2.45) is 0 Å². The van der Waals surface area contributed by atoms with E-state index in [1.54, 1.807) is 19.3 Å². The van der Waals surface area contributed by atoms with Gasteiger partial charge in [-0.15, -0.1) is 0 Å². The van der Waals surface area contributed by atoms with Crippen LogP contribution in [0.15, 0.2) is 0 Å². The van der Waals surface area contributed by atoms with Crippen molar-refractivity contribution < 1.29 is 18.0 Å². The maximum atomic E-state index is 11.4. The predicted octanol–water partition coefficient (Wildman–Crippen LogP) is 1.48. The van der Waals surface area contributed by atoms with Crippen LogP contribution in [0.4, 0.5) is 13.2 Å². The van der Waals surface area contributed by atoms with Crippen molar-refractivity contribution >= 4 is 0 Å². The van der Waals surface area contributed by atoms with Crippen LogP contribution in [0.1, 0.15) is 13.8 Å². The monoisotopic (exact) mass is 157 g/mol. The average Bonchev–Trinajstić information content (AvgIpc) is 1.59. The summed E-state index contributed by atoms with van der Waals surface area (Å²) in [6.07, 6.45) is -4.43. The van der Waals surface area contributed by atoms with Gasteiger partial charge in [0.05, 0.1) is 6.10 Å². The molecule has 0 saturated carbocycles. The van der Waals surface area contributed by atoms with Crippen LogP contribution in [-0.2, 0) is 4.84 Å². The number of halogens is 3. The van der Waals surface area contributed by atoms with Gasteiger partial charge in [-0.25, -0.2) is 0 Å². The molecular weight excluding hydrogens is 147 g/mol. The fourth-order valence-corrected chi connectivity index (χ4v) is 0.290. The summed E-state index contributed by atoms with van der Waals surface area (Å²) < 4.78 is 34.1. The lowest BCUT2D eigenvalue weighted by Gasteiger charge is -2.10. The molecule has 0 aromatic rings. The van der Waals surface area contributed by atoms with Gasteiger partial charge in [-0.3, -0.25) is 4.84 Å². The number of hydrogen-bond donors (Lipinski definition) is 1. The third-order valence-corrected chi connectivity index (χ3v) is 0.592. The first-order chi connectivity index (χ1) is 4.42. The minimum Gasteiger partial charge on any atom is -0.299 e. The van der Waals surface area contributed by atoms with Crippen LogP contribution >= 0.6 is 0 Å². The van der Waals surface area contributed by atoms with Gasteiger partial charge in [-0.05, 0) is 13.8 Å². The van der Waals surface area contributed by atoms with E-state index in [9.17, 15) is 13.2 Å². The van der Waals surface area contributed by atoms with Gasteiger partial charge in [0, 0.05) is 0 Å². The highest BCUT2D eigenvalue weighted by Crippen LogP contribution is 2.12. The Morgan fingerprint density at radius 2 is 1.90 bits per heavy atom. The molecule has 0 aliphatic heterocycles. The number of alkyl halides is 3. The van der Waals surface area contributed by atoms with Crippen LogP contribution in [0.25, 0.3) is 0 Å². The van der Waals surface area contributed by atoms with E-state index < -0.39 is 12.7 Å². The highest BCUT2D eigenvalue weighted by Gasteiger charge is 2.26. The third-order valence-electron chi connectivity index (χ3n) is 0.592. The van der Waals surface area contributed by atoms with E-state index in [1.165, 1.54) is 0 Å². The summed E-state index contributed by atoms with van der Waals surface area (Å²) in [5, 5.41) is 0. The molecule has 0 radical (unpaired) electrons. The predicted molar refractivity (Wildman–Crippen MR) is 30.3 cm³/mol. The molecule has 0 saturated heterocycles. The smallest absolute Gasteiger partial charge is 0.299 e. The fourth-order valence-electron chi connectivity index (χ4n) is 0.290. The lowest BCUT2D eigenvalue weighted by Crippen LogP contribution is -2.30. The number of hydrogen-bond acceptors (Lipinski definition) is 2. The average molecular weight is 157 g/mol. The zero-order chi connectivity index (χ0) is 8.20. The molecule has 0 rings (SSSR count). The molecule has 0 aliphatic rings. The maximum absolute atomic E-state index is 11.4. The normalized spacial score (nSPS) is 12.6. The topological polar surface area (TPSA) is 21.3 Å². The molecule has 0 heterocycles. The van der Waals surface area contributed by atoms with Crippen LogP contribution in [0, 0.1) is 0 Å². The summed E-state index contributed by atoms with van der Waals surface area (Å²) in [5.74, 6) is 0. The van der Waals surface area contributed by atoms with Gasteiger partial charge in [-0.1, -0.05) is 0 Å². The molecule has 0 spiro atoms. The quantitative estimate of drug-likeness (QED) is 0.626. The van der Waals surface area contributed by atoms with Gasteiger partial charge in [0.2, 0.25) is 0 Å². The van der Waals surface area contributed by atoms with E-state index in [4.69, 9.17) is 0 Å². The van der Waals surface area contributed by atoms with Gasteiger partial charge < -0.3 is 0 Å². The van der Waals surface area contributed by atoms with E-state index in [-0.39, 0.29) is 6.10 Å². The molecule has 0 aromatic carbocycles. The molecule has 1 N–H and O–H groups in total. The van der Waals surface area contributed by atoms with Crippen molar-refractivity contribution in [2.45, 2.75) is 26.1 Å². The summed E-state index contributed by atoms with van der Waals surface area (Å²) >= 11 is 0. The Kier molecular flexibility index (Phi) is 3.67. The van der Waals surface area contributed by atoms with E-state index in [0.29, 0.717) is 0 Å². The second-order valence-corrected chi connectivity index (χ2v) is 2.10. The standard InChI is InChI=1S/C5H10F3NO/c1-4(2)10-9-3-5(6,7)8/h4,9H,3H2,1-2H3. The molecule has 5 heteroatoms. The number of rotatable bonds is 3.